The summed E-state index contributed by atoms with van der Waals surface area (Å²) in [4.78, 5) is 19.7. The summed E-state index contributed by atoms with van der Waals surface area (Å²) in [5.41, 5.74) is 7.16. The first-order chi connectivity index (χ1) is 13.0. The fraction of sp³-hybridized carbons (Fsp3) is 0.200. The molecule has 3 aromatic rings. The van der Waals surface area contributed by atoms with E-state index in [4.69, 9.17) is 10.5 Å². The quantitative estimate of drug-likeness (QED) is 0.654. The van der Waals surface area contributed by atoms with Gasteiger partial charge >= 0.3 is 0 Å². The number of rotatable bonds is 7. The fourth-order valence-corrected chi connectivity index (χ4v) is 3.31. The number of benzene rings is 1. The minimum Gasteiger partial charge on any atom is -0.447 e. The van der Waals surface area contributed by atoms with Gasteiger partial charge in [0.2, 0.25) is 0 Å². The van der Waals surface area contributed by atoms with E-state index in [0.29, 0.717) is 18.7 Å². The molecular weight excluding hydrogens is 360 g/mol. The van der Waals surface area contributed by atoms with Crippen molar-refractivity contribution in [2.24, 2.45) is 0 Å². The number of anilines is 1. The van der Waals surface area contributed by atoms with Crippen molar-refractivity contribution >= 4 is 23.1 Å². The number of para-hydroxylation sites is 1. The molecule has 6 nitrogen and oxygen atoms in total. The van der Waals surface area contributed by atoms with Crippen LogP contribution in [0.3, 0.4) is 0 Å². The SMILES string of the molecule is CN(C)Cc1ccc(C(=O)NCc2ccc(Oc3ccccc3)s2)c(N)n1. The summed E-state index contributed by atoms with van der Waals surface area (Å²) in [5.74, 6) is 0.785. The summed E-state index contributed by atoms with van der Waals surface area (Å²) >= 11 is 1.49. The summed E-state index contributed by atoms with van der Waals surface area (Å²) in [6, 6.07) is 17.0. The maximum absolute atomic E-state index is 12.4. The normalized spacial score (nSPS) is 10.8. The van der Waals surface area contributed by atoms with Gasteiger partial charge in [0, 0.05) is 11.4 Å². The molecule has 0 fully saturated rings. The number of pyridine rings is 1. The maximum Gasteiger partial charge on any atom is 0.255 e. The van der Waals surface area contributed by atoms with Crippen molar-refractivity contribution in [3.05, 3.63) is 70.7 Å². The van der Waals surface area contributed by atoms with Gasteiger partial charge < -0.3 is 20.7 Å². The predicted octanol–water partition coefficient (Wildman–Crippen LogP) is 3.51. The monoisotopic (exact) mass is 382 g/mol. The van der Waals surface area contributed by atoms with Gasteiger partial charge in [-0.15, -0.1) is 11.3 Å². The number of ether oxygens (including phenoxy) is 1. The molecule has 3 N–H and O–H groups in total. The Morgan fingerprint density at radius 2 is 1.93 bits per heavy atom. The average molecular weight is 382 g/mol. The molecule has 2 heterocycles. The molecule has 3 rings (SSSR count). The zero-order chi connectivity index (χ0) is 19.2. The highest BCUT2D eigenvalue weighted by molar-refractivity contribution is 7.13. The van der Waals surface area contributed by atoms with Crippen molar-refractivity contribution in [2.45, 2.75) is 13.1 Å². The minimum atomic E-state index is -0.240. The van der Waals surface area contributed by atoms with Crippen LogP contribution in [0.15, 0.2) is 54.6 Å². The molecule has 2 aromatic heterocycles. The highest BCUT2D eigenvalue weighted by Gasteiger charge is 2.12. The Kier molecular flexibility index (Phi) is 6.05. The van der Waals surface area contributed by atoms with Crippen LogP contribution in [0.5, 0.6) is 10.8 Å². The van der Waals surface area contributed by atoms with E-state index >= 15 is 0 Å². The number of carbonyl (C=O) groups is 1. The van der Waals surface area contributed by atoms with E-state index in [1.165, 1.54) is 11.3 Å². The summed E-state index contributed by atoms with van der Waals surface area (Å²) in [5, 5.41) is 3.66. The number of thiophene rings is 1. The molecule has 0 radical (unpaired) electrons. The number of nitrogens with one attached hydrogen (secondary N) is 1. The van der Waals surface area contributed by atoms with Crippen LogP contribution >= 0.6 is 11.3 Å². The highest BCUT2D eigenvalue weighted by atomic mass is 32.1. The lowest BCUT2D eigenvalue weighted by Gasteiger charge is -2.11. The third kappa shape index (κ3) is 5.29. The van der Waals surface area contributed by atoms with Crippen LogP contribution in [0.4, 0.5) is 5.82 Å². The van der Waals surface area contributed by atoms with Gasteiger partial charge in [-0.2, -0.15) is 0 Å². The molecule has 0 saturated heterocycles. The molecule has 0 aliphatic rings. The minimum absolute atomic E-state index is 0.240. The van der Waals surface area contributed by atoms with Crippen LogP contribution in [0, 0.1) is 0 Å². The number of aromatic nitrogens is 1. The summed E-state index contributed by atoms with van der Waals surface area (Å²) < 4.78 is 5.79. The smallest absolute Gasteiger partial charge is 0.255 e. The third-order valence-corrected chi connectivity index (χ3v) is 4.69. The molecule has 0 aliphatic heterocycles. The van der Waals surface area contributed by atoms with E-state index in [9.17, 15) is 4.79 Å². The van der Waals surface area contributed by atoms with Crippen molar-refractivity contribution in [2.75, 3.05) is 19.8 Å². The van der Waals surface area contributed by atoms with Crippen LogP contribution in [-0.4, -0.2) is 29.9 Å². The molecule has 0 saturated carbocycles. The first-order valence-corrected chi connectivity index (χ1v) is 9.33. The van der Waals surface area contributed by atoms with Gasteiger partial charge in [0.15, 0.2) is 5.06 Å². The van der Waals surface area contributed by atoms with Crippen molar-refractivity contribution in [1.82, 2.24) is 15.2 Å². The Morgan fingerprint density at radius 1 is 1.15 bits per heavy atom. The van der Waals surface area contributed by atoms with Crippen LogP contribution in [-0.2, 0) is 13.1 Å². The van der Waals surface area contributed by atoms with Gasteiger partial charge in [-0.05, 0) is 50.5 Å². The van der Waals surface area contributed by atoms with Crippen molar-refractivity contribution < 1.29 is 9.53 Å². The summed E-state index contributed by atoms with van der Waals surface area (Å²) in [6.45, 7) is 1.08. The van der Waals surface area contributed by atoms with Crippen molar-refractivity contribution in [3.63, 3.8) is 0 Å². The third-order valence-electron chi connectivity index (χ3n) is 3.73. The van der Waals surface area contributed by atoms with E-state index in [1.807, 2.05) is 67.5 Å². The highest BCUT2D eigenvalue weighted by Crippen LogP contribution is 2.29. The van der Waals surface area contributed by atoms with Crippen LogP contribution in [0.1, 0.15) is 20.9 Å². The lowest BCUT2D eigenvalue weighted by molar-refractivity contribution is 0.0952. The molecule has 0 bridgehead atoms. The van der Waals surface area contributed by atoms with Crippen LogP contribution in [0.25, 0.3) is 0 Å². The van der Waals surface area contributed by atoms with Crippen molar-refractivity contribution in [1.29, 1.82) is 0 Å². The largest absolute Gasteiger partial charge is 0.447 e. The first kappa shape index (κ1) is 18.9. The second-order valence-electron chi connectivity index (χ2n) is 6.29. The topological polar surface area (TPSA) is 80.5 Å². The standard InChI is InChI=1S/C20H22N4O2S/c1-24(2)13-14-8-10-17(19(21)23-14)20(25)22-12-16-9-11-18(27-16)26-15-6-4-3-5-7-15/h3-11H,12-13H2,1-2H3,(H2,21,23)(H,22,25). The molecule has 1 amide bonds. The molecule has 0 unspecified atom stereocenters. The molecule has 0 aliphatic carbocycles. The Balaban J connectivity index is 1.58. The van der Waals surface area contributed by atoms with Gasteiger partial charge in [-0.25, -0.2) is 4.98 Å². The number of nitrogens with zero attached hydrogens (tertiary/aromatic N) is 2. The molecule has 0 spiro atoms. The second kappa shape index (κ2) is 8.66. The van der Waals surface area contributed by atoms with Gasteiger partial charge in [0.05, 0.1) is 17.8 Å². The molecular formula is C20H22N4O2S. The number of carbonyl (C=O) groups excluding carboxylic acids is 1. The lowest BCUT2D eigenvalue weighted by atomic mass is 10.2. The number of hydrogen-bond acceptors (Lipinski definition) is 6. The van der Waals surface area contributed by atoms with Crippen LogP contribution in [0.2, 0.25) is 0 Å². The van der Waals surface area contributed by atoms with Gasteiger partial charge in [0.25, 0.3) is 5.91 Å². The van der Waals surface area contributed by atoms with E-state index in [2.05, 4.69) is 10.3 Å². The van der Waals surface area contributed by atoms with Crippen LogP contribution < -0.4 is 15.8 Å². The maximum atomic E-state index is 12.4. The molecule has 1 aromatic carbocycles. The zero-order valence-corrected chi connectivity index (χ0v) is 16.1. The summed E-state index contributed by atoms with van der Waals surface area (Å²) in [7, 11) is 3.91. The molecule has 0 atom stereocenters. The predicted molar refractivity (Wildman–Crippen MR) is 108 cm³/mol. The number of nitrogens with two attached hydrogens (primary N) is 1. The van der Waals surface area contributed by atoms with Gasteiger partial charge in [-0.3, -0.25) is 4.79 Å². The van der Waals surface area contributed by atoms with Gasteiger partial charge in [0.1, 0.15) is 11.6 Å². The first-order valence-electron chi connectivity index (χ1n) is 8.51. The van der Waals surface area contributed by atoms with E-state index in [-0.39, 0.29) is 11.7 Å². The number of hydrogen-bond donors (Lipinski definition) is 2. The number of amides is 1. The van der Waals surface area contributed by atoms with Crippen molar-refractivity contribution in [3.8, 4) is 10.8 Å². The average Bonchev–Trinajstić information content (AvgIpc) is 3.07. The molecule has 7 heteroatoms. The Labute approximate surface area is 162 Å². The molecule has 27 heavy (non-hydrogen) atoms. The zero-order valence-electron chi connectivity index (χ0n) is 15.3. The van der Waals surface area contributed by atoms with E-state index in [0.717, 1.165) is 21.4 Å². The second-order valence-corrected chi connectivity index (χ2v) is 7.42. The Bertz CT molecular complexity index is 909. The lowest BCUT2D eigenvalue weighted by Crippen LogP contribution is -2.24. The Hall–Kier alpha value is -2.90. The molecule has 140 valence electrons. The van der Waals surface area contributed by atoms with E-state index < -0.39 is 0 Å². The van der Waals surface area contributed by atoms with E-state index in [1.54, 1.807) is 6.07 Å². The summed E-state index contributed by atoms with van der Waals surface area (Å²) in [6.07, 6.45) is 0. The number of nitrogen functional groups attached to an aromatic ring is 1. The Morgan fingerprint density at radius 3 is 2.63 bits per heavy atom. The van der Waals surface area contributed by atoms with Gasteiger partial charge in [-0.1, -0.05) is 18.2 Å². The fourth-order valence-electron chi connectivity index (χ4n) is 2.50.